The van der Waals surface area contributed by atoms with Crippen LogP contribution in [0.15, 0.2) is 29.3 Å². The van der Waals surface area contributed by atoms with E-state index in [4.69, 9.17) is 9.47 Å². The Balaban J connectivity index is 0.00000280. The first kappa shape index (κ1) is 23.3. The molecule has 158 valence electrons. The minimum atomic E-state index is 0. The third-order valence-electron chi connectivity index (χ3n) is 6.10. The van der Waals surface area contributed by atoms with Crippen LogP contribution in [0.25, 0.3) is 0 Å². The molecular formula is C22H36IN3O2. The molecule has 1 heterocycles. The number of para-hydroxylation sites is 1. The predicted molar refractivity (Wildman–Crippen MR) is 126 cm³/mol. The van der Waals surface area contributed by atoms with Gasteiger partial charge in [0.1, 0.15) is 5.75 Å². The summed E-state index contributed by atoms with van der Waals surface area (Å²) in [4.78, 5) is 4.45. The van der Waals surface area contributed by atoms with E-state index in [1.807, 2.05) is 13.1 Å². The summed E-state index contributed by atoms with van der Waals surface area (Å²) in [6, 6.07) is 8.38. The molecule has 1 unspecified atom stereocenters. The number of fused-ring (bicyclic) bond motifs is 1. The summed E-state index contributed by atoms with van der Waals surface area (Å²) in [6.07, 6.45) is 7.42. The van der Waals surface area contributed by atoms with Gasteiger partial charge in [-0.1, -0.05) is 31.0 Å². The highest BCUT2D eigenvalue weighted by atomic mass is 127. The van der Waals surface area contributed by atoms with E-state index in [-0.39, 0.29) is 24.0 Å². The van der Waals surface area contributed by atoms with E-state index in [1.54, 1.807) is 0 Å². The van der Waals surface area contributed by atoms with Crippen LogP contribution < -0.4 is 15.4 Å². The van der Waals surface area contributed by atoms with Crippen LogP contribution in [0.2, 0.25) is 0 Å². The number of benzene rings is 1. The van der Waals surface area contributed by atoms with Crippen molar-refractivity contribution >= 4 is 29.9 Å². The third kappa shape index (κ3) is 6.24. The van der Waals surface area contributed by atoms with Crippen molar-refractivity contribution in [3.8, 4) is 5.75 Å². The van der Waals surface area contributed by atoms with E-state index >= 15 is 0 Å². The second-order valence-corrected chi connectivity index (χ2v) is 7.83. The molecule has 5 nitrogen and oxygen atoms in total. The van der Waals surface area contributed by atoms with Crippen LogP contribution in [-0.2, 0) is 4.74 Å². The van der Waals surface area contributed by atoms with Gasteiger partial charge in [-0.05, 0) is 49.7 Å². The minimum absolute atomic E-state index is 0. The molecule has 1 aliphatic heterocycles. The van der Waals surface area contributed by atoms with Crippen molar-refractivity contribution in [3.63, 3.8) is 0 Å². The minimum Gasteiger partial charge on any atom is -0.493 e. The summed E-state index contributed by atoms with van der Waals surface area (Å²) < 4.78 is 11.4. The van der Waals surface area contributed by atoms with E-state index in [0.717, 1.165) is 57.5 Å². The van der Waals surface area contributed by atoms with Crippen molar-refractivity contribution in [2.24, 2.45) is 10.4 Å². The van der Waals surface area contributed by atoms with Gasteiger partial charge in [0.25, 0.3) is 0 Å². The molecule has 1 aromatic carbocycles. The van der Waals surface area contributed by atoms with Crippen molar-refractivity contribution < 1.29 is 9.47 Å². The molecule has 1 aliphatic carbocycles. The molecule has 2 aliphatic rings. The number of ether oxygens (including phenoxy) is 2. The van der Waals surface area contributed by atoms with Crippen molar-refractivity contribution in [2.75, 3.05) is 40.0 Å². The third-order valence-corrected chi connectivity index (χ3v) is 6.10. The lowest BCUT2D eigenvalue weighted by Gasteiger charge is -2.31. The lowest BCUT2D eigenvalue weighted by molar-refractivity contribution is 0.105. The van der Waals surface area contributed by atoms with Gasteiger partial charge < -0.3 is 20.1 Å². The summed E-state index contributed by atoms with van der Waals surface area (Å²) in [5, 5.41) is 7.14. The summed E-state index contributed by atoms with van der Waals surface area (Å²) in [7, 11) is 1.86. The van der Waals surface area contributed by atoms with E-state index in [2.05, 4.69) is 40.7 Å². The van der Waals surface area contributed by atoms with Gasteiger partial charge in [0.15, 0.2) is 5.96 Å². The molecule has 3 rings (SSSR count). The standard InChI is InChI=1S/C22H35N3O2.HI/c1-3-26-15-13-22(11-6-7-12-22)17-25-21(23-2)24-16-18-10-14-27-20-9-5-4-8-19(18)20;/h4-5,8-9,18H,3,6-7,10-17H2,1-2H3,(H2,23,24,25);1H. The van der Waals surface area contributed by atoms with E-state index in [9.17, 15) is 0 Å². The van der Waals surface area contributed by atoms with Crippen LogP contribution in [0.5, 0.6) is 5.75 Å². The molecule has 0 spiro atoms. The van der Waals surface area contributed by atoms with Gasteiger partial charge >= 0.3 is 0 Å². The Hall–Kier alpha value is -1.02. The van der Waals surface area contributed by atoms with Crippen LogP contribution in [0.1, 0.15) is 56.9 Å². The van der Waals surface area contributed by atoms with Gasteiger partial charge in [-0.15, -0.1) is 24.0 Å². The van der Waals surface area contributed by atoms with Crippen LogP contribution in [0.4, 0.5) is 0 Å². The fourth-order valence-electron chi connectivity index (χ4n) is 4.41. The number of halogens is 1. The molecular weight excluding hydrogens is 465 g/mol. The number of nitrogens with one attached hydrogen (secondary N) is 2. The first-order chi connectivity index (χ1) is 13.3. The fourth-order valence-corrected chi connectivity index (χ4v) is 4.41. The van der Waals surface area contributed by atoms with Crippen LogP contribution in [0.3, 0.4) is 0 Å². The molecule has 0 bridgehead atoms. The van der Waals surface area contributed by atoms with Crippen LogP contribution in [-0.4, -0.2) is 45.9 Å². The lowest BCUT2D eigenvalue weighted by atomic mass is 9.83. The molecule has 1 atom stereocenters. The Labute approximate surface area is 187 Å². The summed E-state index contributed by atoms with van der Waals surface area (Å²) >= 11 is 0. The smallest absolute Gasteiger partial charge is 0.191 e. The Bertz CT molecular complexity index is 618. The molecule has 0 radical (unpaired) electrons. The topological polar surface area (TPSA) is 54.9 Å². The summed E-state index contributed by atoms with van der Waals surface area (Å²) in [6.45, 7) is 6.38. The molecule has 0 aromatic heterocycles. The highest BCUT2D eigenvalue weighted by Crippen LogP contribution is 2.40. The maximum Gasteiger partial charge on any atom is 0.191 e. The van der Waals surface area contributed by atoms with Gasteiger partial charge in [-0.2, -0.15) is 0 Å². The number of nitrogens with zero attached hydrogens (tertiary/aromatic N) is 1. The van der Waals surface area contributed by atoms with E-state index in [0.29, 0.717) is 11.3 Å². The lowest BCUT2D eigenvalue weighted by Crippen LogP contribution is -2.44. The SMILES string of the molecule is CCOCCC1(CNC(=NC)NCC2CCOc3ccccc32)CCCC1.I. The van der Waals surface area contributed by atoms with Gasteiger partial charge in [0.05, 0.1) is 6.61 Å². The van der Waals surface area contributed by atoms with Gasteiger partial charge in [0, 0.05) is 39.3 Å². The average Bonchev–Trinajstić information content (AvgIpc) is 3.17. The molecule has 0 amide bonds. The first-order valence-corrected chi connectivity index (χ1v) is 10.5. The zero-order valence-electron chi connectivity index (χ0n) is 17.3. The summed E-state index contributed by atoms with van der Waals surface area (Å²) in [5.41, 5.74) is 1.66. The van der Waals surface area contributed by atoms with E-state index < -0.39 is 0 Å². The summed E-state index contributed by atoms with van der Waals surface area (Å²) in [5.74, 6) is 2.40. The van der Waals surface area contributed by atoms with Crippen LogP contribution >= 0.6 is 24.0 Å². The molecule has 1 saturated carbocycles. The van der Waals surface area contributed by atoms with Crippen molar-refractivity contribution in [2.45, 2.75) is 51.4 Å². The predicted octanol–water partition coefficient (Wildman–Crippen LogP) is 4.32. The Kier molecular flexibility index (Phi) is 9.85. The highest BCUT2D eigenvalue weighted by Gasteiger charge is 2.33. The number of aliphatic imine (C=N–C) groups is 1. The van der Waals surface area contributed by atoms with Crippen LogP contribution in [0, 0.1) is 5.41 Å². The van der Waals surface area contributed by atoms with Gasteiger partial charge in [0.2, 0.25) is 0 Å². The number of rotatable bonds is 8. The maximum absolute atomic E-state index is 5.78. The Morgan fingerprint density at radius 1 is 1.25 bits per heavy atom. The number of hydrogen-bond acceptors (Lipinski definition) is 3. The molecule has 6 heteroatoms. The Morgan fingerprint density at radius 2 is 2.04 bits per heavy atom. The monoisotopic (exact) mass is 501 g/mol. The molecule has 2 N–H and O–H groups in total. The number of guanidine groups is 1. The highest BCUT2D eigenvalue weighted by molar-refractivity contribution is 14.0. The van der Waals surface area contributed by atoms with Crippen molar-refractivity contribution in [3.05, 3.63) is 29.8 Å². The largest absolute Gasteiger partial charge is 0.493 e. The van der Waals surface area contributed by atoms with Crippen molar-refractivity contribution in [1.29, 1.82) is 0 Å². The second kappa shape index (κ2) is 11.9. The number of hydrogen-bond donors (Lipinski definition) is 2. The zero-order valence-corrected chi connectivity index (χ0v) is 19.7. The zero-order chi connectivity index (χ0) is 19.0. The van der Waals surface area contributed by atoms with Gasteiger partial charge in [-0.25, -0.2) is 0 Å². The fraction of sp³-hybridized carbons (Fsp3) is 0.682. The maximum atomic E-state index is 5.78. The molecule has 0 saturated heterocycles. The van der Waals surface area contributed by atoms with Gasteiger partial charge in [-0.3, -0.25) is 4.99 Å². The average molecular weight is 501 g/mol. The molecule has 1 aromatic rings. The second-order valence-electron chi connectivity index (χ2n) is 7.83. The van der Waals surface area contributed by atoms with Crippen molar-refractivity contribution in [1.82, 2.24) is 10.6 Å². The molecule has 1 fully saturated rings. The first-order valence-electron chi connectivity index (χ1n) is 10.5. The normalized spacial score (nSPS) is 20.6. The molecule has 28 heavy (non-hydrogen) atoms. The van der Waals surface area contributed by atoms with E-state index in [1.165, 1.54) is 31.2 Å². The quantitative estimate of drug-likeness (QED) is 0.241. The Morgan fingerprint density at radius 3 is 2.79 bits per heavy atom.